The Labute approximate surface area is 159 Å². The van der Waals surface area contributed by atoms with E-state index in [9.17, 15) is 0 Å². The van der Waals surface area contributed by atoms with E-state index in [1.165, 1.54) is 25.7 Å². The molecule has 4 atom stereocenters. The van der Waals surface area contributed by atoms with Gasteiger partial charge >= 0.3 is 0 Å². The predicted octanol–water partition coefficient (Wildman–Crippen LogP) is 4.61. The smallest absolute Gasteiger partial charge is 0.113 e. The fourth-order valence-corrected chi connectivity index (χ4v) is 3.49. The van der Waals surface area contributed by atoms with Gasteiger partial charge in [-0.2, -0.15) is 0 Å². The van der Waals surface area contributed by atoms with Crippen LogP contribution in [-0.2, 0) is 25.6 Å². The fraction of sp³-hybridized carbons (Fsp3) is 0.727. The van der Waals surface area contributed by atoms with Crippen molar-refractivity contribution in [1.29, 1.82) is 0 Å². The van der Waals surface area contributed by atoms with Gasteiger partial charge in [0.25, 0.3) is 0 Å². The van der Waals surface area contributed by atoms with Crippen LogP contribution in [0.4, 0.5) is 0 Å². The summed E-state index contributed by atoms with van der Waals surface area (Å²) in [6.07, 6.45) is 6.09. The zero-order valence-electron chi connectivity index (χ0n) is 16.7. The van der Waals surface area contributed by atoms with E-state index in [1.54, 1.807) is 7.11 Å². The van der Waals surface area contributed by atoms with Gasteiger partial charge in [0.1, 0.15) is 12.2 Å². The third-order valence-corrected chi connectivity index (χ3v) is 5.06. The van der Waals surface area contributed by atoms with Crippen molar-refractivity contribution in [2.75, 3.05) is 26.9 Å². The first kappa shape index (κ1) is 21.4. The molecule has 1 aliphatic rings. The molecule has 4 heteroatoms. The summed E-state index contributed by atoms with van der Waals surface area (Å²) in [5, 5.41) is 0. The molecule has 0 bridgehead atoms. The third kappa shape index (κ3) is 6.99. The summed E-state index contributed by atoms with van der Waals surface area (Å²) in [6, 6.07) is 10.2. The van der Waals surface area contributed by atoms with Gasteiger partial charge in [-0.15, -0.1) is 0 Å². The van der Waals surface area contributed by atoms with Crippen LogP contribution in [0.5, 0.6) is 0 Å². The quantitative estimate of drug-likeness (QED) is 0.508. The topological polar surface area (TPSA) is 36.9 Å². The monoisotopic (exact) mass is 364 g/mol. The number of rotatable bonds is 12. The van der Waals surface area contributed by atoms with E-state index in [1.807, 2.05) is 18.2 Å². The lowest BCUT2D eigenvalue weighted by molar-refractivity contribution is -0.206. The van der Waals surface area contributed by atoms with Crippen molar-refractivity contribution in [3.63, 3.8) is 0 Å². The van der Waals surface area contributed by atoms with E-state index in [4.69, 9.17) is 18.9 Å². The molecule has 148 valence electrons. The molecule has 1 aromatic carbocycles. The molecule has 0 aliphatic carbocycles. The van der Waals surface area contributed by atoms with Crippen molar-refractivity contribution in [3.05, 3.63) is 35.9 Å². The van der Waals surface area contributed by atoms with Crippen LogP contribution in [0.2, 0.25) is 0 Å². The van der Waals surface area contributed by atoms with Crippen molar-refractivity contribution in [2.45, 2.75) is 70.9 Å². The molecular weight excluding hydrogens is 328 g/mol. The number of hydrogen-bond acceptors (Lipinski definition) is 4. The highest BCUT2D eigenvalue weighted by atomic mass is 16.6. The SMILES string of the molecule is CCCCCCCOC[C@H]1OC[C@H](C)[C@H](OC)C1OCc1ccccc1. The Kier molecular flexibility index (Phi) is 10.2. The molecule has 0 saturated carbocycles. The Bertz CT molecular complexity index is 464. The molecule has 0 N–H and O–H groups in total. The molecule has 1 fully saturated rings. The first-order chi connectivity index (χ1) is 12.8. The van der Waals surface area contributed by atoms with E-state index >= 15 is 0 Å². The second kappa shape index (κ2) is 12.4. The molecule has 1 aliphatic heterocycles. The Morgan fingerprint density at radius 2 is 1.81 bits per heavy atom. The van der Waals surface area contributed by atoms with Crippen molar-refractivity contribution in [2.24, 2.45) is 5.92 Å². The minimum Gasteiger partial charge on any atom is -0.379 e. The van der Waals surface area contributed by atoms with E-state index in [-0.39, 0.29) is 18.3 Å². The summed E-state index contributed by atoms with van der Waals surface area (Å²) in [6.45, 7) is 7.00. The highest BCUT2D eigenvalue weighted by Crippen LogP contribution is 2.26. The third-order valence-electron chi connectivity index (χ3n) is 5.06. The van der Waals surface area contributed by atoms with Gasteiger partial charge in [0.2, 0.25) is 0 Å². The van der Waals surface area contributed by atoms with Crippen molar-refractivity contribution < 1.29 is 18.9 Å². The van der Waals surface area contributed by atoms with Gasteiger partial charge in [-0.25, -0.2) is 0 Å². The van der Waals surface area contributed by atoms with Crippen molar-refractivity contribution in [3.8, 4) is 0 Å². The standard InChI is InChI=1S/C22H36O4/c1-4-5-6-7-11-14-24-17-20-22(21(23-3)18(2)15-25-20)26-16-19-12-9-8-10-13-19/h8-10,12-13,18,20-22H,4-7,11,14-17H2,1-3H3/t18-,20+,21-,22?/m0/s1. The average molecular weight is 365 g/mol. The summed E-state index contributed by atoms with van der Waals surface area (Å²) >= 11 is 0. The highest BCUT2D eigenvalue weighted by Gasteiger charge is 2.39. The predicted molar refractivity (Wildman–Crippen MR) is 104 cm³/mol. The molecule has 0 spiro atoms. The van der Waals surface area contributed by atoms with E-state index in [0.29, 0.717) is 25.7 Å². The zero-order chi connectivity index (χ0) is 18.6. The van der Waals surface area contributed by atoms with Crippen molar-refractivity contribution >= 4 is 0 Å². The van der Waals surface area contributed by atoms with Crippen LogP contribution < -0.4 is 0 Å². The maximum absolute atomic E-state index is 6.24. The first-order valence-corrected chi connectivity index (χ1v) is 10.1. The normalized spacial score (nSPS) is 26.1. The van der Waals surface area contributed by atoms with Gasteiger partial charge in [-0.3, -0.25) is 0 Å². The lowest BCUT2D eigenvalue weighted by Gasteiger charge is -2.40. The largest absolute Gasteiger partial charge is 0.379 e. The first-order valence-electron chi connectivity index (χ1n) is 10.1. The van der Waals surface area contributed by atoms with Gasteiger partial charge in [0.15, 0.2) is 0 Å². The number of hydrogen-bond donors (Lipinski definition) is 0. The number of unbranched alkanes of at least 4 members (excludes halogenated alkanes) is 4. The number of methoxy groups -OCH3 is 1. The molecular formula is C22H36O4. The molecule has 1 heterocycles. The Balaban J connectivity index is 1.81. The van der Waals surface area contributed by atoms with Gasteiger partial charge in [0, 0.05) is 19.6 Å². The second-order valence-corrected chi connectivity index (χ2v) is 7.30. The van der Waals surface area contributed by atoms with Gasteiger partial charge in [-0.1, -0.05) is 69.9 Å². The summed E-state index contributed by atoms with van der Waals surface area (Å²) < 4.78 is 23.9. The summed E-state index contributed by atoms with van der Waals surface area (Å²) in [4.78, 5) is 0. The summed E-state index contributed by atoms with van der Waals surface area (Å²) in [5.74, 6) is 0.311. The van der Waals surface area contributed by atoms with Crippen LogP contribution in [0.3, 0.4) is 0 Å². The maximum Gasteiger partial charge on any atom is 0.113 e. The molecule has 2 rings (SSSR count). The van der Waals surface area contributed by atoms with Crippen LogP contribution in [-0.4, -0.2) is 45.2 Å². The summed E-state index contributed by atoms with van der Waals surface area (Å²) in [5.41, 5.74) is 1.16. The maximum atomic E-state index is 6.24. The highest BCUT2D eigenvalue weighted by molar-refractivity contribution is 5.13. The fourth-order valence-electron chi connectivity index (χ4n) is 3.49. The molecule has 1 saturated heterocycles. The molecule has 0 aromatic heterocycles. The molecule has 1 aromatic rings. The lowest BCUT2D eigenvalue weighted by Crippen LogP contribution is -2.53. The minimum absolute atomic E-state index is 0.0330. The van der Waals surface area contributed by atoms with Crippen LogP contribution in [0.1, 0.15) is 51.5 Å². The van der Waals surface area contributed by atoms with Crippen LogP contribution in [0.25, 0.3) is 0 Å². The van der Waals surface area contributed by atoms with E-state index in [2.05, 4.69) is 26.0 Å². The molecule has 4 nitrogen and oxygen atoms in total. The second-order valence-electron chi connectivity index (χ2n) is 7.30. The van der Waals surface area contributed by atoms with Gasteiger partial charge < -0.3 is 18.9 Å². The molecule has 0 radical (unpaired) electrons. The van der Waals surface area contributed by atoms with Crippen molar-refractivity contribution in [1.82, 2.24) is 0 Å². The zero-order valence-corrected chi connectivity index (χ0v) is 16.7. The van der Waals surface area contributed by atoms with Crippen LogP contribution >= 0.6 is 0 Å². The Morgan fingerprint density at radius 1 is 1.04 bits per heavy atom. The van der Waals surface area contributed by atoms with E-state index < -0.39 is 0 Å². The minimum atomic E-state index is -0.107. The number of benzene rings is 1. The Hall–Kier alpha value is -0.940. The van der Waals surface area contributed by atoms with E-state index in [0.717, 1.165) is 18.6 Å². The number of ether oxygens (including phenoxy) is 4. The Morgan fingerprint density at radius 3 is 2.54 bits per heavy atom. The molecule has 26 heavy (non-hydrogen) atoms. The van der Waals surface area contributed by atoms with Crippen LogP contribution in [0, 0.1) is 5.92 Å². The summed E-state index contributed by atoms with van der Waals surface area (Å²) in [7, 11) is 1.76. The molecule has 0 amide bonds. The van der Waals surface area contributed by atoms with Gasteiger partial charge in [-0.05, 0) is 12.0 Å². The lowest BCUT2D eigenvalue weighted by atomic mass is 9.93. The average Bonchev–Trinajstić information content (AvgIpc) is 2.67. The van der Waals surface area contributed by atoms with Gasteiger partial charge in [0.05, 0.1) is 25.9 Å². The molecule has 1 unspecified atom stereocenters. The van der Waals surface area contributed by atoms with Crippen LogP contribution in [0.15, 0.2) is 30.3 Å².